The van der Waals surface area contributed by atoms with Gasteiger partial charge in [-0.25, -0.2) is 28.2 Å². The van der Waals surface area contributed by atoms with E-state index in [4.69, 9.17) is 4.74 Å². The third kappa shape index (κ3) is 11.6. The minimum atomic E-state index is -4.98. The van der Waals surface area contributed by atoms with Crippen LogP contribution in [0.3, 0.4) is 0 Å². The summed E-state index contributed by atoms with van der Waals surface area (Å²) in [6.45, 7) is 2.45. The Bertz CT molecular complexity index is 2230. The summed E-state index contributed by atoms with van der Waals surface area (Å²) in [6, 6.07) is 5.40. The van der Waals surface area contributed by atoms with Crippen LogP contribution in [-0.2, 0) is 27.2 Å². The van der Waals surface area contributed by atoms with Gasteiger partial charge in [0.1, 0.15) is 17.7 Å². The molecular formula is C42H46F7N9O5. The van der Waals surface area contributed by atoms with Crippen molar-refractivity contribution in [2.75, 3.05) is 57.9 Å². The van der Waals surface area contributed by atoms with Gasteiger partial charge in [-0.05, 0) is 55.7 Å². The summed E-state index contributed by atoms with van der Waals surface area (Å²) in [5.41, 5.74) is -1.64. The summed E-state index contributed by atoms with van der Waals surface area (Å²) in [4.78, 5) is 39.2. The topological polar surface area (TPSA) is 159 Å². The van der Waals surface area contributed by atoms with E-state index in [2.05, 4.69) is 52.1 Å². The number of benzene rings is 2. The summed E-state index contributed by atoms with van der Waals surface area (Å²) in [7, 11) is 0.914. The van der Waals surface area contributed by atoms with Crippen molar-refractivity contribution in [2.45, 2.75) is 63.8 Å². The molecule has 1 unspecified atom stereocenters. The minimum absolute atomic E-state index is 0.0375. The molecule has 0 saturated carbocycles. The number of alkyl carbamates (subject to hydrolysis) is 1. The minimum Gasteiger partial charge on any atom is -0.453 e. The molecule has 2 aliphatic rings. The number of nitrogens with one attached hydrogen (secondary N) is 3. The van der Waals surface area contributed by atoms with Gasteiger partial charge >= 0.3 is 18.8 Å². The van der Waals surface area contributed by atoms with Gasteiger partial charge in [-0.3, -0.25) is 9.69 Å². The van der Waals surface area contributed by atoms with Gasteiger partial charge in [0.05, 0.1) is 55.7 Å². The van der Waals surface area contributed by atoms with Gasteiger partial charge in [0, 0.05) is 74.5 Å². The quantitative estimate of drug-likeness (QED) is 0.0990. The average molecular weight is 890 g/mol. The van der Waals surface area contributed by atoms with Crippen molar-refractivity contribution in [3.8, 4) is 23.0 Å². The molecule has 4 heterocycles. The molecule has 3 atom stereocenters. The highest BCUT2D eigenvalue weighted by Crippen LogP contribution is 2.40. The van der Waals surface area contributed by atoms with E-state index >= 15 is 8.78 Å². The van der Waals surface area contributed by atoms with Crippen LogP contribution in [-0.4, -0.2) is 125 Å². The summed E-state index contributed by atoms with van der Waals surface area (Å²) in [5, 5.41) is 21.9. The van der Waals surface area contributed by atoms with Crippen LogP contribution >= 0.6 is 0 Å². The van der Waals surface area contributed by atoms with Crippen molar-refractivity contribution in [1.29, 1.82) is 0 Å². The van der Waals surface area contributed by atoms with E-state index in [1.165, 1.54) is 0 Å². The van der Waals surface area contributed by atoms with Crippen LogP contribution in [0.15, 0.2) is 61.2 Å². The molecule has 2 fully saturated rings. The second kappa shape index (κ2) is 20.1. The lowest BCUT2D eigenvalue weighted by Gasteiger charge is -2.42. The summed E-state index contributed by atoms with van der Waals surface area (Å²) in [6.07, 6.45) is -2.80. The van der Waals surface area contributed by atoms with Crippen molar-refractivity contribution >= 4 is 17.9 Å². The number of anilines is 1. The number of nitrogens with zero attached hydrogens (tertiary/aromatic N) is 6. The molecule has 2 aromatic carbocycles. The van der Waals surface area contributed by atoms with Gasteiger partial charge in [-0.15, -0.1) is 0 Å². The summed E-state index contributed by atoms with van der Waals surface area (Å²) >= 11 is 0. The molecule has 0 aliphatic carbocycles. The zero-order chi connectivity index (χ0) is 45.5. The third-order valence-corrected chi connectivity index (χ3v) is 11.0. The predicted octanol–water partition coefficient (Wildman–Crippen LogP) is 4.43. The Morgan fingerprint density at radius 2 is 1.57 bits per heavy atom. The number of halogens is 7. The number of hydrogen-bond donors (Lipinski definition) is 4. The molecule has 2 saturated heterocycles. The van der Waals surface area contributed by atoms with Crippen LogP contribution in [0.5, 0.6) is 0 Å². The largest absolute Gasteiger partial charge is 0.453 e. The van der Waals surface area contributed by atoms with Gasteiger partial charge in [-0.2, -0.15) is 27.1 Å². The normalized spacial score (nSPS) is 16.4. The van der Waals surface area contributed by atoms with Gasteiger partial charge in [0.25, 0.3) is 0 Å². The van der Waals surface area contributed by atoms with E-state index in [0.717, 1.165) is 71.0 Å². The lowest BCUT2D eigenvalue weighted by atomic mass is 9.82. The van der Waals surface area contributed by atoms with Crippen molar-refractivity contribution in [2.24, 2.45) is 5.41 Å². The van der Waals surface area contributed by atoms with Crippen LogP contribution in [0.4, 0.5) is 41.5 Å². The number of alkyl halides is 5. The highest BCUT2D eigenvalue weighted by molar-refractivity contribution is 5.87. The number of methoxy groups -OCH3 is 1. The van der Waals surface area contributed by atoms with E-state index in [1.807, 2.05) is 5.32 Å². The number of carbonyl (C=O) groups is 2. The fourth-order valence-electron chi connectivity index (χ4n) is 6.88. The Balaban J connectivity index is 1.14. The van der Waals surface area contributed by atoms with Gasteiger partial charge in [0.2, 0.25) is 11.9 Å². The molecule has 63 heavy (non-hydrogen) atoms. The van der Waals surface area contributed by atoms with Gasteiger partial charge < -0.3 is 35.4 Å². The maximum absolute atomic E-state index is 15.1. The van der Waals surface area contributed by atoms with Gasteiger partial charge in [-0.1, -0.05) is 24.0 Å². The number of piperazine rings is 1. The maximum Gasteiger partial charge on any atom is 0.407 e. The Morgan fingerprint density at radius 1 is 0.937 bits per heavy atom. The molecule has 21 heteroatoms. The maximum atomic E-state index is 15.1. The average Bonchev–Trinajstić information content (AvgIpc) is 3.74. The Morgan fingerprint density at radius 3 is 2.13 bits per heavy atom. The molecule has 4 aromatic rings. The second-order valence-electron chi connectivity index (χ2n) is 15.6. The molecule has 2 aliphatic heterocycles. The standard InChI is InChI=1S/C42H46F7N9O5/c1-41(2,42(47,48)49)36(55-40(61)62-3)37(60)54-34(35(59)21-50-20-31-32(43)15-28(16-33(31)44)29-19-53-58(22-29)38(45)46)14-26-7-4-25(5-8-26)6-9-27-17-51-39(52-18-27)57-12-10-56(11-13-57)30-23-63-24-30/h4-5,7-8,15-19,22,30,34-36,38,50,59H,10-14,20-21,23-24H2,1-3H3,(H,54,60)(H,55,61)/t34-,35-,36?/m0/s1. The third-order valence-electron chi connectivity index (χ3n) is 11.0. The number of rotatable bonds is 15. The number of amides is 2. The number of ether oxygens (including phenoxy) is 2. The van der Waals surface area contributed by atoms with Crippen LogP contribution in [0.1, 0.15) is 42.7 Å². The highest BCUT2D eigenvalue weighted by Gasteiger charge is 2.56. The van der Waals surface area contributed by atoms with E-state index in [1.54, 1.807) is 36.7 Å². The van der Waals surface area contributed by atoms with Crippen molar-refractivity contribution in [3.63, 3.8) is 0 Å². The number of aromatic nitrogens is 4. The Hall–Kier alpha value is -5.82. The van der Waals surface area contributed by atoms with E-state index in [-0.39, 0.29) is 17.5 Å². The number of carbonyl (C=O) groups excluding carboxylic acids is 2. The zero-order valence-corrected chi connectivity index (χ0v) is 34.4. The van der Waals surface area contributed by atoms with E-state index < -0.39 is 78.6 Å². The smallest absolute Gasteiger partial charge is 0.407 e. The first-order valence-corrected chi connectivity index (χ1v) is 19.8. The number of aliphatic hydroxyl groups excluding tert-OH is 1. The van der Waals surface area contributed by atoms with E-state index in [9.17, 15) is 36.6 Å². The van der Waals surface area contributed by atoms with E-state index in [0.29, 0.717) is 47.2 Å². The first-order valence-electron chi connectivity index (χ1n) is 19.8. The fraction of sp³-hybridized carbons (Fsp3) is 0.452. The highest BCUT2D eigenvalue weighted by atomic mass is 19.4. The van der Waals surface area contributed by atoms with Crippen LogP contribution in [0, 0.1) is 28.9 Å². The van der Waals surface area contributed by atoms with Crippen molar-refractivity contribution in [1.82, 2.24) is 40.6 Å². The first-order chi connectivity index (χ1) is 29.9. The second-order valence-corrected chi connectivity index (χ2v) is 15.6. The summed E-state index contributed by atoms with van der Waals surface area (Å²) in [5.74, 6) is 3.27. The molecule has 0 bridgehead atoms. The van der Waals surface area contributed by atoms with Crippen LogP contribution in [0.2, 0.25) is 0 Å². The molecule has 4 N–H and O–H groups in total. The zero-order valence-electron chi connectivity index (χ0n) is 34.4. The molecule has 2 aromatic heterocycles. The monoisotopic (exact) mass is 889 g/mol. The predicted molar refractivity (Wildman–Crippen MR) is 214 cm³/mol. The first kappa shape index (κ1) is 46.7. The van der Waals surface area contributed by atoms with Crippen molar-refractivity contribution in [3.05, 3.63) is 95.1 Å². The molecule has 0 radical (unpaired) electrons. The number of hydrogen-bond acceptors (Lipinski definition) is 11. The van der Waals surface area contributed by atoms with Crippen LogP contribution < -0.4 is 20.9 Å². The van der Waals surface area contributed by atoms with Crippen LogP contribution in [0.25, 0.3) is 11.1 Å². The van der Waals surface area contributed by atoms with Gasteiger partial charge in [0.15, 0.2) is 0 Å². The van der Waals surface area contributed by atoms with Crippen molar-refractivity contribution < 1.29 is 54.9 Å². The molecule has 338 valence electrons. The molecular weight excluding hydrogens is 844 g/mol. The Labute approximate surface area is 358 Å². The fourth-order valence-corrected chi connectivity index (χ4v) is 6.88. The lowest BCUT2D eigenvalue weighted by molar-refractivity contribution is -0.220. The Kier molecular flexibility index (Phi) is 14.9. The molecule has 14 nitrogen and oxygen atoms in total. The summed E-state index contributed by atoms with van der Waals surface area (Å²) < 4.78 is 109. The molecule has 0 spiro atoms. The molecule has 2 amide bonds. The SMILES string of the molecule is COC(=O)NC(C(=O)N[C@@H](Cc1ccc(C#Cc2cnc(N3CCN(C4COC4)CC3)nc2)cc1)[C@@H](O)CNCc1c(F)cc(-c2cnn(C(F)F)c2)cc1F)C(C)(C)C(F)(F)F. The number of aliphatic hydroxyl groups is 1. The lowest BCUT2D eigenvalue weighted by Crippen LogP contribution is -2.62. The molecule has 6 rings (SSSR count).